The fraction of sp³-hybridized carbons (Fsp3) is 0.200. The van der Waals surface area contributed by atoms with Crippen LogP contribution in [0.3, 0.4) is 0 Å². The summed E-state index contributed by atoms with van der Waals surface area (Å²) in [7, 11) is 1.70. The average molecular weight is 363 g/mol. The van der Waals surface area contributed by atoms with Gasteiger partial charge in [0.1, 0.15) is 23.1 Å². The standard InChI is InChI=1S/C10H8BrFN4O3S/c1-13-10-7(14-15-20-10)4-19-9-6(11)2-5(12)3-8(9)16(17)18/h2-3,13H,4H2,1H3. The van der Waals surface area contributed by atoms with Gasteiger partial charge in [0, 0.05) is 18.6 Å². The number of nitrogens with zero attached hydrogens (tertiary/aromatic N) is 3. The zero-order chi connectivity index (χ0) is 14.7. The number of nitro benzene ring substituents is 1. The molecule has 0 unspecified atom stereocenters. The molecular weight excluding hydrogens is 355 g/mol. The molecule has 1 N–H and O–H groups in total. The highest BCUT2D eigenvalue weighted by molar-refractivity contribution is 9.10. The third-order valence-electron chi connectivity index (χ3n) is 2.32. The summed E-state index contributed by atoms with van der Waals surface area (Å²) in [5.41, 5.74) is 0.0640. The summed E-state index contributed by atoms with van der Waals surface area (Å²) < 4.78 is 22.5. The average Bonchev–Trinajstić information content (AvgIpc) is 2.84. The number of nitro groups is 1. The van der Waals surface area contributed by atoms with Crippen LogP contribution in [0.4, 0.5) is 15.1 Å². The van der Waals surface area contributed by atoms with Gasteiger partial charge in [0.15, 0.2) is 0 Å². The van der Waals surface area contributed by atoms with Crippen LogP contribution in [-0.4, -0.2) is 21.6 Å². The summed E-state index contributed by atoms with van der Waals surface area (Å²) in [6, 6.07) is 1.90. The Balaban J connectivity index is 2.27. The lowest BCUT2D eigenvalue weighted by molar-refractivity contribution is -0.386. The number of benzene rings is 1. The fourth-order valence-corrected chi connectivity index (χ4v) is 2.51. The molecule has 0 saturated heterocycles. The van der Waals surface area contributed by atoms with Crippen LogP contribution in [0.25, 0.3) is 0 Å². The number of hydrogen-bond acceptors (Lipinski definition) is 7. The third kappa shape index (κ3) is 3.02. The molecule has 106 valence electrons. The van der Waals surface area contributed by atoms with Gasteiger partial charge in [0.25, 0.3) is 0 Å². The molecule has 1 heterocycles. The normalized spacial score (nSPS) is 10.3. The second-order valence-electron chi connectivity index (χ2n) is 3.58. The molecule has 2 aromatic rings. The Hall–Kier alpha value is -1.81. The molecule has 7 nitrogen and oxygen atoms in total. The Morgan fingerprint density at radius 1 is 1.60 bits per heavy atom. The molecule has 0 radical (unpaired) electrons. The van der Waals surface area contributed by atoms with Gasteiger partial charge in [0.05, 0.1) is 15.5 Å². The predicted molar refractivity (Wildman–Crippen MR) is 74.5 cm³/mol. The van der Waals surface area contributed by atoms with E-state index in [1.807, 2.05) is 0 Å². The molecule has 0 spiro atoms. The second kappa shape index (κ2) is 6.09. The van der Waals surface area contributed by atoms with E-state index >= 15 is 0 Å². The molecule has 0 fully saturated rings. The van der Waals surface area contributed by atoms with Gasteiger partial charge in [-0.2, -0.15) is 0 Å². The highest BCUT2D eigenvalue weighted by atomic mass is 79.9. The number of aromatic nitrogens is 2. The van der Waals surface area contributed by atoms with E-state index < -0.39 is 16.4 Å². The summed E-state index contributed by atoms with van der Waals surface area (Å²) in [4.78, 5) is 10.2. The van der Waals surface area contributed by atoms with Crippen molar-refractivity contribution in [3.05, 3.63) is 38.2 Å². The highest BCUT2D eigenvalue weighted by Gasteiger charge is 2.21. The van der Waals surface area contributed by atoms with Crippen molar-refractivity contribution in [2.75, 3.05) is 12.4 Å². The smallest absolute Gasteiger partial charge is 0.315 e. The Kier molecular flexibility index (Phi) is 4.45. The molecule has 0 saturated carbocycles. The van der Waals surface area contributed by atoms with Crippen LogP contribution in [0.15, 0.2) is 16.6 Å². The first kappa shape index (κ1) is 14.6. The summed E-state index contributed by atoms with van der Waals surface area (Å²) in [6.07, 6.45) is 0. The van der Waals surface area contributed by atoms with Crippen molar-refractivity contribution in [1.82, 2.24) is 9.59 Å². The summed E-state index contributed by atoms with van der Waals surface area (Å²) in [5.74, 6) is -0.770. The molecule has 1 aromatic heterocycles. The van der Waals surface area contributed by atoms with Crippen molar-refractivity contribution in [3.8, 4) is 5.75 Å². The molecule has 0 aliphatic carbocycles. The van der Waals surface area contributed by atoms with E-state index in [2.05, 4.69) is 30.8 Å². The quantitative estimate of drug-likeness (QED) is 0.649. The lowest BCUT2D eigenvalue weighted by Gasteiger charge is -2.08. The van der Waals surface area contributed by atoms with Crippen LogP contribution in [0.5, 0.6) is 5.75 Å². The van der Waals surface area contributed by atoms with Crippen LogP contribution in [0.2, 0.25) is 0 Å². The maximum atomic E-state index is 13.2. The molecule has 0 atom stereocenters. The highest BCUT2D eigenvalue weighted by Crippen LogP contribution is 2.36. The van der Waals surface area contributed by atoms with E-state index in [1.165, 1.54) is 0 Å². The van der Waals surface area contributed by atoms with Gasteiger partial charge in [-0.25, -0.2) is 4.39 Å². The van der Waals surface area contributed by atoms with E-state index in [0.717, 1.165) is 23.7 Å². The molecule has 10 heteroatoms. The number of anilines is 1. The van der Waals surface area contributed by atoms with Crippen molar-refractivity contribution in [2.24, 2.45) is 0 Å². The van der Waals surface area contributed by atoms with Crippen molar-refractivity contribution in [3.63, 3.8) is 0 Å². The van der Waals surface area contributed by atoms with E-state index in [0.29, 0.717) is 10.7 Å². The Morgan fingerprint density at radius 2 is 2.35 bits per heavy atom. The first-order valence-electron chi connectivity index (χ1n) is 5.28. The number of hydrogen-bond donors (Lipinski definition) is 1. The Labute approximate surface area is 125 Å². The van der Waals surface area contributed by atoms with E-state index in [4.69, 9.17) is 4.74 Å². The zero-order valence-corrected chi connectivity index (χ0v) is 12.5. The maximum absolute atomic E-state index is 13.2. The first-order chi connectivity index (χ1) is 9.52. The molecule has 0 aliphatic heterocycles. The van der Waals surface area contributed by atoms with E-state index in [9.17, 15) is 14.5 Å². The van der Waals surface area contributed by atoms with Gasteiger partial charge in [-0.05, 0) is 22.0 Å². The van der Waals surface area contributed by atoms with Crippen LogP contribution in [0.1, 0.15) is 5.69 Å². The predicted octanol–water partition coefficient (Wildman–Crippen LogP) is 2.97. The number of ether oxygens (including phenoxy) is 1. The number of rotatable bonds is 5. The lowest BCUT2D eigenvalue weighted by atomic mass is 10.3. The summed E-state index contributed by atoms with van der Waals surface area (Å²) in [5, 5.41) is 18.3. The second-order valence-corrected chi connectivity index (χ2v) is 5.19. The van der Waals surface area contributed by atoms with Crippen molar-refractivity contribution < 1.29 is 14.1 Å². The topological polar surface area (TPSA) is 90.2 Å². The van der Waals surface area contributed by atoms with Gasteiger partial charge in [-0.15, -0.1) is 5.10 Å². The third-order valence-corrected chi connectivity index (χ3v) is 3.70. The van der Waals surface area contributed by atoms with Crippen LogP contribution >= 0.6 is 27.5 Å². The zero-order valence-electron chi connectivity index (χ0n) is 10.1. The van der Waals surface area contributed by atoms with Crippen LogP contribution in [0, 0.1) is 15.9 Å². The molecule has 0 aliphatic rings. The van der Waals surface area contributed by atoms with Crippen LogP contribution in [-0.2, 0) is 6.61 Å². The molecule has 0 bridgehead atoms. The van der Waals surface area contributed by atoms with Crippen LogP contribution < -0.4 is 10.1 Å². The Bertz CT molecular complexity index is 651. The molecular formula is C10H8BrFN4O3S. The van der Waals surface area contributed by atoms with Gasteiger partial charge in [0.2, 0.25) is 5.75 Å². The van der Waals surface area contributed by atoms with E-state index in [-0.39, 0.29) is 16.8 Å². The Morgan fingerprint density at radius 3 is 3.00 bits per heavy atom. The van der Waals surface area contributed by atoms with Gasteiger partial charge in [-0.1, -0.05) is 4.49 Å². The van der Waals surface area contributed by atoms with Gasteiger partial charge >= 0.3 is 5.69 Å². The molecule has 1 aromatic carbocycles. The van der Waals surface area contributed by atoms with Gasteiger partial charge < -0.3 is 10.1 Å². The lowest BCUT2D eigenvalue weighted by Crippen LogP contribution is -2.03. The molecule has 2 rings (SSSR count). The summed E-state index contributed by atoms with van der Waals surface area (Å²) in [6.45, 7) is -0.0161. The monoisotopic (exact) mass is 362 g/mol. The van der Waals surface area contributed by atoms with Crippen molar-refractivity contribution in [1.29, 1.82) is 0 Å². The minimum Gasteiger partial charge on any atom is -0.479 e. The van der Waals surface area contributed by atoms with Crippen molar-refractivity contribution >= 4 is 38.2 Å². The summed E-state index contributed by atoms with van der Waals surface area (Å²) >= 11 is 4.19. The largest absolute Gasteiger partial charge is 0.479 e. The minimum absolute atomic E-state index is 0.0161. The first-order valence-corrected chi connectivity index (χ1v) is 6.84. The number of nitrogens with one attached hydrogen (secondary N) is 1. The van der Waals surface area contributed by atoms with Crippen molar-refractivity contribution in [2.45, 2.75) is 6.61 Å². The van der Waals surface area contributed by atoms with E-state index in [1.54, 1.807) is 7.05 Å². The van der Waals surface area contributed by atoms with Gasteiger partial charge in [-0.3, -0.25) is 10.1 Å². The SMILES string of the molecule is CNc1snnc1COc1c(Br)cc(F)cc1[N+](=O)[O-]. The molecule has 0 amide bonds. The molecule has 20 heavy (non-hydrogen) atoms. The fourth-order valence-electron chi connectivity index (χ4n) is 1.46. The number of halogens is 2. The maximum Gasteiger partial charge on any atom is 0.315 e. The minimum atomic E-state index is -0.720.